The van der Waals surface area contributed by atoms with Crippen LogP contribution >= 0.6 is 11.8 Å². The van der Waals surface area contributed by atoms with Gasteiger partial charge in [-0.1, -0.05) is 6.07 Å². The predicted octanol–water partition coefficient (Wildman–Crippen LogP) is 3.70. The molecule has 0 N–H and O–H groups in total. The lowest BCUT2D eigenvalue weighted by Gasteiger charge is -2.05. The third-order valence-electron chi connectivity index (χ3n) is 4.14. The first-order chi connectivity index (χ1) is 12.1. The number of carbonyl (C=O) groups excluding carboxylic acids is 2. The average Bonchev–Trinajstić information content (AvgIpc) is 3.23. The number of hydrogen-bond donors (Lipinski definition) is 0. The molecule has 5 nitrogen and oxygen atoms in total. The molecule has 1 heterocycles. The van der Waals surface area contributed by atoms with Gasteiger partial charge in [0.25, 0.3) is 0 Å². The first-order valence-corrected chi connectivity index (χ1v) is 9.13. The summed E-state index contributed by atoms with van der Waals surface area (Å²) in [5.74, 6) is -0.0567. The van der Waals surface area contributed by atoms with Gasteiger partial charge in [0, 0.05) is 10.5 Å². The lowest BCUT2D eigenvalue weighted by molar-refractivity contribution is -0.142. The molecule has 132 valence electrons. The number of furan rings is 1. The van der Waals surface area contributed by atoms with Gasteiger partial charge >= 0.3 is 11.9 Å². The fourth-order valence-electron chi connectivity index (χ4n) is 2.89. The van der Waals surface area contributed by atoms with Crippen LogP contribution in [0.2, 0.25) is 0 Å². The van der Waals surface area contributed by atoms with Crippen LogP contribution in [-0.4, -0.2) is 24.8 Å². The summed E-state index contributed by atoms with van der Waals surface area (Å²) in [6.07, 6.45) is 3.48. The summed E-state index contributed by atoms with van der Waals surface area (Å²) in [5.41, 5.74) is 3.46. The fraction of sp³-hybridized carbons (Fsp3) is 0.368. The second-order valence-electron chi connectivity index (χ2n) is 5.95. The summed E-state index contributed by atoms with van der Waals surface area (Å²) in [5, 5.41) is 0. The van der Waals surface area contributed by atoms with Crippen molar-refractivity contribution in [1.82, 2.24) is 0 Å². The number of ether oxygens (including phenoxy) is 2. The van der Waals surface area contributed by atoms with Crippen LogP contribution in [-0.2, 0) is 33.7 Å². The van der Waals surface area contributed by atoms with Gasteiger partial charge in [0.2, 0.25) is 5.76 Å². The Hall–Kier alpha value is -2.21. The molecule has 1 aromatic heterocycles. The number of benzene rings is 1. The van der Waals surface area contributed by atoms with E-state index in [0.717, 1.165) is 17.7 Å². The highest BCUT2D eigenvalue weighted by atomic mass is 32.2. The molecule has 1 aliphatic rings. The van der Waals surface area contributed by atoms with Crippen LogP contribution in [0.4, 0.5) is 0 Å². The van der Waals surface area contributed by atoms with Crippen LogP contribution in [0, 0.1) is 6.92 Å². The maximum absolute atomic E-state index is 11.9. The van der Waals surface area contributed by atoms with Crippen LogP contribution < -0.4 is 0 Å². The van der Waals surface area contributed by atoms with Gasteiger partial charge in [-0.25, -0.2) is 4.79 Å². The van der Waals surface area contributed by atoms with E-state index in [1.54, 1.807) is 13.0 Å². The van der Waals surface area contributed by atoms with Gasteiger partial charge in [-0.15, -0.1) is 11.8 Å². The van der Waals surface area contributed by atoms with Gasteiger partial charge in [-0.05, 0) is 55.5 Å². The molecule has 3 rings (SSSR count). The Morgan fingerprint density at radius 3 is 2.80 bits per heavy atom. The molecule has 0 radical (unpaired) electrons. The van der Waals surface area contributed by atoms with E-state index in [9.17, 15) is 9.59 Å². The number of hydrogen-bond acceptors (Lipinski definition) is 6. The Labute approximate surface area is 150 Å². The van der Waals surface area contributed by atoms with Gasteiger partial charge in [0.1, 0.15) is 12.4 Å². The van der Waals surface area contributed by atoms with Crippen LogP contribution in [0.15, 0.2) is 33.6 Å². The number of thioether (sulfide) groups is 1. The Morgan fingerprint density at radius 1 is 1.20 bits per heavy atom. The minimum Gasteiger partial charge on any atom is -0.463 e. The van der Waals surface area contributed by atoms with Gasteiger partial charge in [-0.2, -0.15) is 0 Å². The van der Waals surface area contributed by atoms with Crippen LogP contribution in [0.25, 0.3) is 0 Å². The van der Waals surface area contributed by atoms with Crippen molar-refractivity contribution in [1.29, 1.82) is 0 Å². The van der Waals surface area contributed by atoms with Gasteiger partial charge in [-0.3, -0.25) is 4.79 Å². The molecular weight excluding hydrogens is 340 g/mol. The smallest absolute Gasteiger partial charge is 0.374 e. The van der Waals surface area contributed by atoms with Crippen molar-refractivity contribution in [2.24, 2.45) is 0 Å². The third-order valence-corrected chi connectivity index (χ3v) is 5.11. The van der Waals surface area contributed by atoms with Gasteiger partial charge in [0.15, 0.2) is 0 Å². The molecule has 1 aromatic carbocycles. The van der Waals surface area contributed by atoms with Crippen LogP contribution in [0.5, 0.6) is 0 Å². The standard InChI is InChI=1S/C19H20O5S/c1-12-8-15(24-18(12)19(21)22-2)10-23-17(20)11-25-16-7-6-13-4-3-5-14(13)9-16/h6-9H,3-5,10-11H2,1-2H3. The van der Waals surface area contributed by atoms with E-state index in [-0.39, 0.29) is 24.1 Å². The minimum absolute atomic E-state index is 0.00140. The summed E-state index contributed by atoms with van der Waals surface area (Å²) in [6.45, 7) is 1.74. The summed E-state index contributed by atoms with van der Waals surface area (Å²) in [6, 6.07) is 8.04. The predicted molar refractivity (Wildman–Crippen MR) is 93.8 cm³/mol. The summed E-state index contributed by atoms with van der Waals surface area (Å²) in [7, 11) is 1.29. The third kappa shape index (κ3) is 4.25. The first kappa shape index (κ1) is 17.6. The van der Waals surface area contributed by atoms with Crippen LogP contribution in [0.1, 0.15) is 39.4 Å². The van der Waals surface area contributed by atoms with E-state index in [1.165, 1.54) is 36.4 Å². The molecule has 2 aromatic rings. The molecular formula is C19H20O5S. The maximum atomic E-state index is 11.9. The van der Waals surface area contributed by atoms with Crippen molar-refractivity contribution < 1.29 is 23.5 Å². The van der Waals surface area contributed by atoms with Crippen molar-refractivity contribution in [3.05, 3.63) is 52.5 Å². The number of fused-ring (bicyclic) bond motifs is 1. The summed E-state index contributed by atoms with van der Waals surface area (Å²) < 4.78 is 15.2. The van der Waals surface area contributed by atoms with Gasteiger partial charge < -0.3 is 13.9 Å². The zero-order chi connectivity index (χ0) is 17.8. The molecule has 0 unspecified atom stereocenters. The zero-order valence-corrected chi connectivity index (χ0v) is 15.1. The molecule has 0 fully saturated rings. The van der Waals surface area contributed by atoms with Crippen molar-refractivity contribution in [3.8, 4) is 0 Å². The SMILES string of the molecule is COC(=O)c1oc(COC(=O)CSc2ccc3c(c2)CCC3)cc1C. The summed E-state index contributed by atoms with van der Waals surface area (Å²) in [4.78, 5) is 24.5. The van der Waals surface area contributed by atoms with Crippen molar-refractivity contribution in [3.63, 3.8) is 0 Å². The number of carbonyl (C=O) groups is 2. The molecule has 0 aliphatic heterocycles. The number of esters is 2. The van der Waals surface area contributed by atoms with E-state index in [4.69, 9.17) is 9.15 Å². The van der Waals surface area contributed by atoms with Gasteiger partial charge in [0.05, 0.1) is 12.9 Å². The minimum atomic E-state index is -0.540. The second kappa shape index (κ2) is 7.78. The van der Waals surface area contributed by atoms with E-state index in [1.807, 2.05) is 0 Å². The Kier molecular flexibility index (Phi) is 5.48. The molecule has 0 saturated carbocycles. The Balaban J connectivity index is 1.49. The zero-order valence-electron chi connectivity index (χ0n) is 14.3. The van der Waals surface area contributed by atoms with E-state index < -0.39 is 5.97 Å². The molecule has 0 saturated heterocycles. The van der Waals surface area contributed by atoms with Crippen LogP contribution in [0.3, 0.4) is 0 Å². The van der Waals surface area contributed by atoms with Crippen molar-refractivity contribution in [2.75, 3.05) is 12.9 Å². The van der Waals surface area contributed by atoms with E-state index in [2.05, 4.69) is 22.9 Å². The first-order valence-electron chi connectivity index (χ1n) is 8.14. The van der Waals surface area contributed by atoms with E-state index >= 15 is 0 Å². The Morgan fingerprint density at radius 2 is 2.00 bits per heavy atom. The van der Waals surface area contributed by atoms with Crippen molar-refractivity contribution >= 4 is 23.7 Å². The van der Waals surface area contributed by atoms with Crippen molar-refractivity contribution in [2.45, 2.75) is 37.7 Å². The lowest BCUT2D eigenvalue weighted by Crippen LogP contribution is -2.07. The normalized spacial score (nSPS) is 12.7. The average molecular weight is 360 g/mol. The molecule has 0 amide bonds. The van der Waals surface area contributed by atoms with E-state index in [0.29, 0.717) is 11.3 Å². The maximum Gasteiger partial charge on any atom is 0.374 e. The molecule has 6 heteroatoms. The monoisotopic (exact) mass is 360 g/mol. The molecule has 0 bridgehead atoms. The number of methoxy groups -OCH3 is 1. The summed E-state index contributed by atoms with van der Waals surface area (Å²) >= 11 is 1.47. The second-order valence-corrected chi connectivity index (χ2v) is 7.00. The molecule has 0 spiro atoms. The Bertz CT molecular complexity index is 793. The highest BCUT2D eigenvalue weighted by molar-refractivity contribution is 8.00. The largest absolute Gasteiger partial charge is 0.463 e. The molecule has 0 atom stereocenters. The highest BCUT2D eigenvalue weighted by Gasteiger charge is 2.17. The molecule has 1 aliphatic carbocycles. The number of rotatable bonds is 6. The quantitative estimate of drug-likeness (QED) is 0.578. The highest BCUT2D eigenvalue weighted by Crippen LogP contribution is 2.27. The number of aryl methyl sites for hydroxylation is 3. The topological polar surface area (TPSA) is 65.7 Å². The molecule has 25 heavy (non-hydrogen) atoms. The lowest BCUT2D eigenvalue weighted by atomic mass is 10.1. The fourth-order valence-corrected chi connectivity index (χ4v) is 3.65.